The van der Waals surface area contributed by atoms with Gasteiger partial charge in [-0.25, -0.2) is 0 Å². The third-order valence-corrected chi connectivity index (χ3v) is 4.88. The smallest absolute Gasteiger partial charge is 0.0746 e. The molecular formula is C17H33NO2. The Morgan fingerprint density at radius 1 is 1.30 bits per heavy atom. The van der Waals surface area contributed by atoms with Crippen LogP contribution in [0.4, 0.5) is 0 Å². The molecule has 1 saturated carbocycles. The number of ether oxygens (including phenoxy) is 1. The van der Waals surface area contributed by atoms with E-state index in [9.17, 15) is 5.11 Å². The third kappa shape index (κ3) is 4.71. The van der Waals surface area contributed by atoms with Crippen molar-refractivity contribution in [2.45, 2.75) is 89.4 Å². The van der Waals surface area contributed by atoms with Gasteiger partial charge in [-0.15, -0.1) is 0 Å². The Labute approximate surface area is 124 Å². The molecule has 0 aromatic rings. The van der Waals surface area contributed by atoms with Gasteiger partial charge in [0.15, 0.2) is 0 Å². The average molecular weight is 283 g/mol. The number of aliphatic hydroxyl groups is 1. The van der Waals surface area contributed by atoms with Crippen LogP contribution in [0.25, 0.3) is 0 Å². The van der Waals surface area contributed by atoms with Crippen LogP contribution in [0, 0.1) is 5.92 Å². The molecule has 3 heteroatoms. The minimum atomic E-state index is -0.591. The van der Waals surface area contributed by atoms with Crippen molar-refractivity contribution in [2.24, 2.45) is 5.92 Å². The van der Waals surface area contributed by atoms with E-state index in [0.717, 1.165) is 25.9 Å². The van der Waals surface area contributed by atoms with E-state index in [4.69, 9.17) is 4.74 Å². The topological polar surface area (TPSA) is 41.5 Å². The SMILES string of the molecule is CC(C)CC(C)(O)CNC1CCOC2(CCCCC2)C1. The van der Waals surface area contributed by atoms with E-state index >= 15 is 0 Å². The fraction of sp³-hybridized carbons (Fsp3) is 1.00. The second kappa shape index (κ2) is 6.76. The summed E-state index contributed by atoms with van der Waals surface area (Å²) >= 11 is 0. The molecular weight excluding hydrogens is 250 g/mol. The summed E-state index contributed by atoms with van der Waals surface area (Å²) in [5.41, 5.74) is -0.440. The van der Waals surface area contributed by atoms with Gasteiger partial charge in [-0.1, -0.05) is 33.1 Å². The van der Waals surface area contributed by atoms with Crippen LogP contribution in [-0.4, -0.2) is 35.5 Å². The molecule has 0 bridgehead atoms. The van der Waals surface area contributed by atoms with Crippen molar-refractivity contribution in [3.05, 3.63) is 0 Å². The Kier molecular flexibility index (Phi) is 5.49. The summed E-state index contributed by atoms with van der Waals surface area (Å²) < 4.78 is 6.13. The van der Waals surface area contributed by atoms with Gasteiger partial charge < -0.3 is 15.2 Å². The van der Waals surface area contributed by atoms with Crippen LogP contribution in [-0.2, 0) is 4.74 Å². The van der Waals surface area contributed by atoms with Crippen LogP contribution in [0.1, 0.15) is 72.1 Å². The lowest BCUT2D eigenvalue weighted by Gasteiger charge is -2.44. The maximum absolute atomic E-state index is 10.4. The van der Waals surface area contributed by atoms with Crippen molar-refractivity contribution < 1.29 is 9.84 Å². The molecule has 118 valence electrons. The van der Waals surface area contributed by atoms with E-state index in [1.165, 1.54) is 32.1 Å². The Balaban J connectivity index is 1.81. The molecule has 2 fully saturated rings. The Morgan fingerprint density at radius 2 is 2.00 bits per heavy atom. The summed E-state index contributed by atoms with van der Waals surface area (Å²) in [6.45, 7) is 7.87. The first-order chi connectivity index (χ1) is 9.41. The van der Waals surface area contributed by atoms with Crippen LogP contribution in [0.3, 0.4) is 0 Å². The largest absolute Gasteiger partial charge is 0.389 e. The molecule has 1 saturated heterocycles. The predicted molar refractivity (Wildman–Crippen MR) is 82.9 cm³/mol. The molecule has 3 nitrogen and oxygen atoms in total. The number of nitrogens with one attached hydrogen (secondary N) is 1. The van der Waals surface area contributed by atoms with E-state index in [1.54, 1.807) is 0 Å². The zero-order valence-corrected chi connectivity index (χ0v) is 13.6. The normalized spacial score (nSPS) is 29.6. The molecule has 2 rings (SSSR count). The minimum Gasteiger partial charge on any atom is -0.389 e. The van der Waals surface area contributed by atoms with Crippen LogP contribution in [0.2, 0.25) is 0 Å². The van der Waals surface area contributed by atoms with E-state index in [0.29, 0.717) is 18.5 Å². The standard InChI is InChI=1S/C17H33NO2/c1-14(2)11-16(3,19)13-18-15-7-10-20-17(12-15)8-5-4-6-9-17/h14-15,18-19H,4-13H2,1-3H3. The van der Waals surface area contributed by atoms with Crippen LogP contribution >= 0.6 is 0 Å². The molecule has 2 unspecified atom stereocenters. The maximum Gasteiger partial charge on any atom is 0.0746 e. The lowest BCUT2D eigenvalue weighted by molar-refractivity contribution is -0.110. The molecule has 0 aromatic carbocycles. The van der Waals surface area contributed by atoms with Gasteiger partial charge in [-0.3, -0.25) is 0 Å². The summed E-state index contributed by atoms with van der Waals surface area (Å²) in [7, 11) is 0. The van der Waals surface area contributed by atoms with Crippen molar-refractivity contribution in [3.63, 3.8) is 0 Å². The second-order valence-electron chi connectivity index (χ2n) is 7.76. The van der Waals surface area contributed by atoms with Gasteiger partial charge >= 0.3 is 0 Å². The molecule has 1 aliphatic heterocycles. The highest BCUT2D eigenvalue weighted by molar-refractivity contribution is 4.93. The van der Waals surface area contributed by atoms with Crippen molar-refractivity contribution in [1.29, 1.82) is 0 Å². The molecule has 0 amide bonds. The molecule has 2 atom stereocenters. The zero-order chi connectivity index (χ0) is 14.6. The average Bonchev–Trinajstić information content (AvgIpc) is 2.36. The van der Waals surface area contributed by atoms with Crippen LogP contribution in [0.15, 0.2) is 0 Å². The Bertz CT molecular complexity index is 290. The molecule has 2 N–H and O–H groups in total. The van der Waals surface area contributed by atoms with Crippen molar-refractivity contribution in [1.82, 2.24) is 5.32 Å². The van der Waals surface area contributed by atoms with Crippen LogP contribution in [0.5, 0.6) is 0 Å². The fourth-order valence-corrected chi connectivity index (χ4v) is 4.06. The number of rotatable bonds is 5. The summed E-state index contributed by atoms with van der Waals surface area (Å²) in [6.07, 6.45) is 9.53. The minimum absolute atomic E-state index is 0.151. The maximum atomic E-state index is 10.4. The van der Waals surface area contributed by atoms with Crippen molar-refractivity contribution >= 4 is 0 Å². The number of hydrogen-bond acceptors (Lipinski definition) is 3. The summed E-state index contributed by atoms with van der Waals surface area (Å²) in [5.74, 6) is 0.533. The number of hydrogen-bond donors (Lipinski definition) is 2. The highest BCUT2D eigenvalue weighted by Gasteiger charge is 2.38. The third-order valence-electron chi connectivity index (χ3n) is 4.88. The van der Waals surface area contributed by atoms with Gasteiger partial charge in [-0.05, 0) is 44.9 Å². The highest BCUT2D eigenvalue weighted by Crippen LogP contribution is 2.38. The summed E-state index contributed by atoms with van der Waals surface area (Å²) in [5, 5.41) is 14.0. The van der Waals surface area contributed by atoms with E-state index in [-0.39, 0.29) is 5.60 Å². The first-order valence-electron chi connectivity index (χ1n) is 8.51. The molecule has 1 spiro atoms. The quantitative estimate of drug-likeness (QED) is 0.814. The van der Waals surface area contributed by atoms with Gasteiger partial charge in [-0.2, -0.15) is 0 Å². The van der Waals surface area contributed by atoms with Crippen molar-refractivity contribution in [3.8, 4) is 0 Å². The Morgan fingerprint density at radius 3 is 2.65 bits per heavy atom. The predicted octanol–water partition coefficient (Wildman–Crippen LogP) is 3.26. The lowest BCUT2D eigenvalue weighted by atomic mass is 9.78. The first-order valence-corrected chi connectivity index (χ1v) is 8.51. The molecule has 0 aromatic heterocycles. The molecule has 0 radical (unpaired) electrons. The molecule has 1 aliphatic carbocycles. The monoisotopic (exact) mass is 283 g/mol. The highest BCUT2D eigenvalue weighted by atomic mass is 16.5. The van der Waals surface area contributed by atoms with E-state index in [2.05, 4.69) is 19.2 Å². The van der Waals surface area contributed by atoms with Gasteiger partial charge in [0, 0.05) is 19.2 Å². The fourth-order valence-electron chi connectivity index (χ4n) is 4.06. The second-order valence-corrected chi connectivity index (χ2v) is 7.76. The van der Waals surface area contributed by atoms with Gasteiger partial charge in [0.05, 0.1) is 11.2 Å². The Hall–Kier alpha value is -0.120. The molecule has 2 aliphatic rings. The van der Waals surface area contributed by atoms with Gasteiger partial charge in [0.1, 0.15) is 0 Å². The first kappa shape index (κ1) is 16.3. The van der Waals surface area contributed by atoms with E-state index in [1.807, 2.05) is 6.92 Å². The molecule has 20 heavy (non-hydrogen) atoms. The van der Waals surface area contributed by atoms with Gasteiger partial charge in [0.2, 0.25) is 0 Å². The van der Waals surface area contributed by atoms with E-state index < -0.39 is 5.60 Å². The lowest BCUT2D eigenvalue weighted by Crippen LogP contribution is -2.51. The van der Waals surface area contributed by atoms with Crippen molar-refractivity contribution in [2.75, 3.05) is 13.2 Å². The van der Waals surface area contributed by atoms with Crippen LogP contribution < -0.4 is 5.32 Å². The summed E-state index contributed by atoms with van der Waals surface area (Å²) in [4.78, 5) is 0. The summed E-state index contributed by atoms with van der Waals surface area (Å²) in [6, 6.07) is 0.514. The van der Waals surface area contributed by atoms with Gasteiger partial charge in [0.25, 0.3) is 0 Å². The zero-order valence-electron chi connectivity index (χ0n) is 13.6. The molecule has 1 heterocycles.